The highest BCUT2D eigenvalue weighted by Crippen LogP contribution is 2.44. The van der Waals surface area contributed by atoms with Crippen molar-refractivity contribution in [2.75, 3.05) is 13.2 Å². The van der Waals surface area contributed by atoms with Gasteiger partial charge in [0.2, 0.25) is 0 Å². The number of carbonyl (C=O) groups is 2. The second-order valence-corrected chi connectivity index (χ2v) is 10.3. The predicted octanol–water partition coefficient (Wildman–Crippen LogP) is 6.57. The van der Waals surface area contributed by atoms with Crippen LogP contribution < -0.4 is 10.1 Å². The number of carbonyl (C=O) groups excluding carboxylic acids is 1. The number of alkyl carbamates (subject to hydrolysis) is 1. The van der Waals surface area contributed by atoms with Gasteiger partial charge in [-0.2, -0.15) is 0 Å². The molecule has 3 aromatic carbocycles. The molecule has 1 saturated carbocycles. The molecule has 1 amide bonds. The molecule has 0 radical (unpaired) electrons. The highest BCUT2D eigenvalue weighted by atomic mass is 16.5. The first-order chi connectivity index (χ1) is 18.6. The average Bonchev–Trinajstić information content (AvgIpc) is 3.26. The molecule has 6 heteroatoms. The average molecular weight is 514 g/mol. The van der Waals surface area contributed by atoms with Gasteiger partial charge < -0.3 is 19.9 Å². The number of carboxylic acid groups (broad SMARTS) is 1. The van der Waals surface area contributed by atoms with Gasteiger partial charge >= 0.3 is 12.1 Å². The fourth-order valence-electron chi connectivity index (χ4n) is 5.76. The Morgan fingerprint density at radius 2 is 1.50 bits per heavy atom. The molecule has 1 fully saturated rings. The van der Waals surface area contributed by atoms with Gasteiger partial charge in [-0.3, -0.25) is 0 Å². The highest BCUT2D eigenvalue weighted by Gasteiger charge is 2.29. The minimum Gasteiger partial charge on any atom is -0.494 e. The normalized spacial score (nSPS) is 15.8. The molecule has 0 saturated heterocycles. The van der Waals surface area contributed by atoms with Crippen molar-refractivity contribution in [3.8, 4) is 16.9 Å². The highest BCUT2D eigenvalue weighted by molar-refractivity contribution is 5.81. The predicted molar refractivity (Wildman–Crippen MR) is 146 cm³/mol. The molecule has 38 heavy (non-hydrogen) atoms. The zero-order valence-electron chi connectivity index (χ0n) is 21.6. The number of amides is 1. The molecule has 0 bridgehead atoms. The quantitative estimate of drug-likeness (QED) is 0.320. The van der Waals surface area contributed by atoms with Crippen molar-refractivity contribution < 1.29 is 24.2 Å². The third kappa shape index (κ3) is 6.18. The lowest BCUT2D eigenvalue weighted by Gasteiger charge is -2.21. The summed E-state index contributed by atoms with van der Waals surface area (Å²) in [5.74, 6) is 0.359. The van der Waals surface area contributed by atoms with Crippen molar-refractivity contribution in [1.29, 1.82) is 0 Å². The smallest absolute Gasteiger partial charge is 0.407 e. The molecule has 0 aliphatic heterocycles. The number of aliphatic carboxylic acids is 1. The van der Waals surface area contributed by atoms with E-state index in [2.05, 4.69) is 17.4 Å². The summed E-state index contributed by atoms with van der Waals surface area (Å²) >= 11 is 0. The minimum absolute atomic E-state index is 0.0814. The third-order valence-corrected chi connectivity index (χ3v) is 7.82. The molecule has 2 aliphatic carbocycles. The molecular weight excluding hydrogens is 478 g/mol. The topological polar surface area (TPSA) is 84.9 Å². The number of hydrogen-bond acceptors (Lipinski definition) is 4. The number of carboxylic acids is 1. The summed E-state index contributed by atoms with van der Waals surface area (Å²) in [6, 6.07) is 22.5. The Hall–Kier alpha value is -3.80. The van der Waals surface area contributed by atoms with Gasteiger partial charge in [0.05, 0.1) is 6.61 Å². The van der Waals surface area contributed by atoms with Crippen molar-refractivity contribution in [3.05, 3.63) is 89.5 Å². The minimum atomic E-state index is -1.11. The summed E-state index contributed by atoms with van der Waals surface area (Å²) in [7, 11) is 0. The van der Waals surface area contributed by atoms with E-state index < -0.39 is 18.1 Å². The second-order valence-electron chi connectivity index (χ2n) is 10.3. The van der Waals surface area contributed by atoms with Gasteiger partial charge in [0.25, 0.3) is 0 Å². The Morgan fingerprint density at radius 3 is 2.13 bits per heavy atom. The molecule has 5 rings (SSSR count). The molecule has 1 atom stereocenters. The molecule has 198 valence electrons. The van der Waals surface area contributed by atoms with Crippen LogP contribution in [0.1, 0.15) is 61.1 Å². The number of rotatable bonds is 10. The fourth-order valence-corrected chi connectivity index (χ4v) is 5.76. The molecule has 6 nitrogen and oxygen atoms in total. The van der Waals surface area contributed by atoms with Crippen LogP contribution in [0.25, 0.3) is 11.1 Å². The molecule has 2 N–H and O–H groups in total. The Labute approximate surface area is 224 Å². The standard InChI is InChI=1S/C32H35NO5/c34-31(35)30(20-23-14-16-24(17-15-23)37-19-18-22-8-2-1-3-9-22)33-32(36)38-21-29-27-12-6-4-10-25(27)26-11-5-7-13-28(26)29/h4-7,10-17,22,29-30H,1-3,8-9,18-21H2,(H,33,36)(H,34,35). The van der Waals surface area contributed by atoms with Gasteiger partial charge in [0, 0.05) is 12.3 Å². The first kappa shape index (κ1) is 25.8. The van der Waals surface area contributed by atoms with Crippen molar-refractivity contribution in [3.63, 3.8) is 0 Å². The maximum absolute atomic E-state index is 12.6. The van der Waals surface area contributed by atoms with Crippen LogP contribution in [0.3, 0.4) is 0 Å². The summed E-state index contributed by atoms with van der Waals surface area (Å²) < 4.78 is 11.4. The maximum atomic E-state index is 12.6. The summed E-state index contributed by atoms with van der Waals surface area (Å²) in [6.07, 6.45) is 7.11. The van der Waals surface area contributed by atoms with E-state index in [1.54, 1.807) is 0 Å². The molecule has 1 unspecified atom stereocenters. The van der Waals surface area contributed by atoms with Crippen molar-refractivity contribution in [2.45, 2.75) is 56.9 Å². The molecule has 0 heterocycles. The van der Waals surface area contributed by atoms with Crippen molar-refractivity contribution in [1.82, 2.24) is 5.32 Å². The second kappa shape index (κ2) is 12.2. The molecule has 0 aromatic heterocycles. The first-order valence-electron chi connectivity index (χ1n) is 13.6. The van der Waals surface area contributed by atoms with Gasteiger partial charge in [-0.1, -0.05) is 92.8 Å². The Bertz CT molecular complexity index is 1200. The number of fused-ring (bicyclic) bond motifs is 3. The van der Waals surface area contributed by atoms with E-state index in [9.17, 15) is 14.7 Å². The van der Waals surface area contributed by atoms with Crippen LogP contribution in [0.15, 0.2) is 72.8 Å². The van der Waals surface area contributed by atoms with E-state index in [1.807, 2.05) is 60.7 Å². The number of ether oxygens (including phenoxy) is 2. The SMILES string of the molecule is O=C(NC(Cc1ccc(OCCC2CCCCC2)cc1)C(=O)O)OCC1c2ccccc2-c2ccccc21. The van der Waals surface area contributed by atoms with Gasteiger partial charge in [-0.15, -0.1) is 0 Å². The van der Waals surface area contributed by atoms with Gasteiger partial charge in [-0.05, 0) is 52.3 Å². The van der Waals surface area contributed by atoms with Gasteiger partial charge in [-0.25, -0.2) is 9.59 Å². The lowest BCUT2D eigenvalue weighted by atomic mass is 9.87. The van der Waals surface area contributed by atoms with Crippen LogP contribution in [-0.4, -0.2) is 36.4 Å². The summed E-state index contributed by atoms with van der Waals surface area (Å²) in [6.45, 7) is 0.837. The first-order valence-corrected chi connectivity index (χ1v) is 13.6. The number of hydrogen-bond donors (Lipinski definition) is 2. The maximum Gasteiger partial charge on any atom is 0.407 e. The number of benzene rings is 3. The molecule has 0 spiro atoms. The van der Waals surface area contributed by atoms with E-state index in [0.29, 0.717) is 6.61 Å². The van der Waals surface area contributed by atoms with Crippen LogP contribution in [-0.2, 0) is 16.0 Å². The molecular formula is C32H35NO5. The van der Waals surface area contributed by atoms with E-state index in [1.165, 1.54) is 32.1 Å². The van der Waals surface area contributed by atoms with Gasteiger partial charge in [0.15, 0.2) is 0 Å². The molecule has 2 aliphatic rings. The van der Waals surface area contributed by atoms with Crippen LogP contribution >= 0.6 is 0 Å². The van der Waals surface area contributed by atoms with Crippen LogP contribution in [0, 0.1) is 5.92 Å². The zero-order valence-corrected chi connectivity index (χ0v) is 21.6. The van der Waals surface area contributed by atoms with E-state index in [0.717, 1.165) is 45.9 Å². The fraction of sp³-hybridized carbons (Fsp3) is 0.375. The van der Waals surface area contributed by atoms with Gasteiger partial charge in [0.1, 0.15) is 18.4 Å². The van der Waals surface area contributed by atoms with E-state index >= 15 is 0 Å². The molecule has 3 aromatic rings. The van der Waals surface area contributed by atoms with Crippen LogP contribution in [0.4, 0.5) is 4.79 Å². The van der Waals surface area contributed by atoms with E-state index in [-0.39, 0.29) is 18.9 Å². The van der Waals surface area contributed by atoms with Crippen LogP contribution in [0.5, 0.6) is 5.75 Å². The van der Waals surface area contributed by atoms with Crippen molar-refractivity contribution >= 4 is 12.1 Å². The Kier molecular flexibility index (Phi) is 8.27. The van der Waals surface area contributed by atoms with E-state index in [4.69, 9.17) is 9.47 Å². The lowest BCUT2D eigenvalue weighted by Crippen LogP contribution is -2.42. The zero-order chi connectivity index (χ0) is 26.3. The summed E-state index contributed by atoms with van der Waals surface area (Å²) in [5, 5.41) is 12.3. The van der Waals surface area contributed by atoms with Crippen molar-refractivity contribution in [2.24, 2.45) is 5.92 Å². The Balaban J connectivity index is 1.12. The summed E-state index contributed by atoms with van der Waals surface area (Å²) in [5.41, 5.74) is 5.30. The Morgan fingerprint density at radius 1 is 0.868 bits per heavy atom. The lowest BCUT2D eigenvalue weighted by molar-refractivity contribution is -0.139. The number of nitrogens with one attached hydrogen (secondary N) is 1. The monoisotopic (exact) mass is 513 g/mol. The van der Waals surface area contributed by atoms with Crippen LogP contribution in [0.2, 0.25) is 0 Å². The largest absolute Gasteiger partial charge is 0.494 e. The summed E-state index contributed by atoms with van der Waals surface area (Å²) in [4.78, 5) is 24.5. The third-order valence-electron chi connectivity index (χ3n) is 7.82.